The average Bonchev–Trinajstić information content (AvgIpc) is 2.34. The van der Waals surface area contributed by atoms with Crippen molar-refractivity contribution in [2.75, 3.05) is 0 Å². The highest BCUT2D eigenvalue weighted by Gasteiger charge is 2.31. The molecule has 2 unspecified atom stereocenters. The second-order valence-electron chi connectivity index (χ2n) is 7.11. The van der Waals surface area contributed by atoms with Gasteiger partial charge in [-0.1, -0.05) is 52.0 Å². The van der Waals surface area contributed by atoms with E-state index in [0.717, 1.165) is 18.9 Å². The van der Waals surface area contributed by atoms with E-state index in [9.17, 15) is 0 Å². The average molecular weight is 259 g/mol. The minimum Gasteiger partial charge on any atom is -0.310 e. The van der Waals surface area contributed by atoms with Gasteiger partial charge in [0.1, 0.15) is 0 Å². The normalized spacial score (nSPS) is 26.3. The van der Waals surface area contributed by atoms with E-state index in [4.69, 9.17) is 0 Å². The number of nitrogens with one attached hydrogen (secondary N) is 1. The first-order valence-electron chi connectivity index (χ1n) is 7.80. The Labute approximate surface area is 118 Å². The third-order valence-corrected chi connectivity index (χ3v) is 4.47. The van der Waals surface area contributed by atoms with Gasteiger partial charge in [-0.3, -0.25) is 0 Å². The Morgan fingerprint density at radius 1 is 1.16 bits per heavy atom. The summed E-state index contributed by atoms with van der Waals surface area (Å²) in [5.41, 5.74) is 3.46. The topological polar surface area (TPSA) is 12.0 Å². The van der Waals surface area contributed by atoms with Gasteiger partial charge in [-0.15, -0.1) is 0 Å². The Kier molecular flexibility index (Phi) is 4.67. The van der Waals surface area contributed by atoms with Gasteiger partial charge in [0.2, 0.25) is 0 Å². The molecule has 0 saturated heterocycles. The van der Waals surface area contributed by atoms with Gasteiger partial charge in [0.25, 0.3) is 0 Å². The molecule has 0 bridgehead atoms. The molecule has 1 aromatic carbocycles. The van der Waals surface area contributed by atoms with Crippen LogP contribution in [0.4, 0.5) is 0 Å². The summed E-state index contributed by atoms with van der Waals surface area (Å²) in [6, 6.07) is 9.51. The molecule has 1 aromatic rings. The van der Waals surface area contributed by atoms with E-state index < -0.39 is 0 Å². The van der Waals surface area contributed by atoms with Gasteiger partial charge in [0.15, 0.2) is 0 Å². The fraction of sp³-hybridized carbons (Fsp3) is 0.667. The van der Waals surface area contributed by atoms with Crippen LogP contribution in [-0.2, 0) is 13.0 Å². The zero-order valence-electron chi connectivity index (χ0n) is 13.0. The summed E-state index contributed by atoms with van der Waals surface area (Å²) in [6.45, 7) is 10.5. The lowest BCUT2D eigenvalue weighted by atomic mass is 9.70. The van der Waals surface area contributed by atoms with Crippen LogP contribution < -0.4 is 5.32 Å². The Morgan fingerprint density at radius 3 is 2.47 bits per heavy atom. The first-order chi connectivity index (χ1) is 9.00. The zero-order chi connectivity index (χ0) is 13.9. The Balaban J connectivity index is 1.95. The molecule has 106 valence electrons. The van der Waals surface area contributed by atoms with Gasteiger partial charge < -0.3 is 5.32 Å². The number of aryl methyl sites for hydroxylation is 1. The monoisotopic (exact) mass is 259 g/mol. The van der Waals surface area contributed by atoms with Crippen LogP contribution in [0.3, 0.4) is 0 Å². The molecule has 0 spiro atoms. The standard InChI is InChI=1S/C18H29N/c1-5-15-8-6-7-9-16(15)13-19-17-10-14(2)11-18(3,4)12-17/h6-9,14,17,19H,5,10-13H2,1-4H3. The van der Waals surface area contributed by atoms with E-state index in [1.165, 1.54) is 30.4 Å². The van der Waals surface area contributed by atoms with E-state index in [-0.39, 0.29) is 0 Å². The van der Waals surface area contributed by atoms with Crippen molar-refractivity contribution in [3.8, 4) is 0 Å². The molecule has 0 heterocycles. The minimum atomic E-state index is 0.500. The fourth-order valence-corrected chi connectivity index (χ4v) is 3.83. The van der Waals surface area contributed by atoms with E-state index in [2.05, 4.69) is 57.3 Å². The predicted octanol–water partition coefficient (Wildman–Crippen LogP) is 4.55. The summed E-state index contributed by atoms with van der Waals surface area (Å²) in [5.74, 6) is 0.850. The minimum absolute atomic E-state index is 0.500. The highest BCUT2D eigenvalue weighted by Crippen LogP contribution is 2.38. The summed E-state index contributed by atoms with van der Waals surface area (Å²) < 4.78 is 0. The van der Waals surface area contributed by atoms with Crippen molar-refractivity contribution in [2.45, 2.75) is 66.0 Å². The van der Waals surface area contributed by atoms with E-state index in [0.29, 0.717) is 11.5 Å². The van der Waals surface area contributed by atoms with Gasteiger partial charge in [-0.2, -0.15) is 0 Å². The molecule has 1 N–H and O–H groups in total. The molecule has 0 aromatic heterocycles. The molecule has 1 saturated carbocycles. The largest absolute Gasteiger partial charge is 0.310 e. The lowest BCUT2D eigenvalue weighted by Crippen LogP contribution is -2.39. The summed E-state index contributed by atoms with van der Waals surface area (Å²) in [4.78, 5) is 0. The van der Waals surface area contributed by atoms with Crippen LogP contribution in [0.1, 0.15) is 58.1 Å². The van der Waals surface area contributed by atoms with Gasteiger partial charge in [-0.25, -0.2) is 0 Å². The maximum absolute atomic E-state index is 3.80. The fourth-order valence-electron chi connectivity index (χ4n) is 3.83. The van der Waals surface area contributed by atoms with Crippen LogP contribution in [0, 0.1) is 11.3 Å². The van der Waals surface area contributed by atoms with Crippen molar-refractivity contribution in [3.05, 3.63) is 35.4 Å². The number of hydrogen-bond donors (Lipinski definition) is 1. The number of rotatable bonds is 4. The second kappa shape index (κ2) is 6.09. The third-order valence-electron chi connectivity index (χ3n) is 4.47. The van der Waals surface area contributed by atoms with Crippen LogP contribution in [0.5, 0.6) is 0 Å². The lowest BCUT2D eigenvalue weighted by Gasteiger charge is -2.39. The molecule has 1 nitrogen and oxygen atoms in total. The van der Waals surface area contributed by atoms with Crippen LogP contribution in [-0.4, -0.2) is 6.04 Å². The SMILES string of the molecule is CCc1ccccc1CNC1CC(C)CC(C)(C)C1. The van der Waals surface area contributed by atoms with Crippen LogP contribution in [0.15, 0.2) is 24.3 Å². The van der Waals surface area contributed by atoms with Crippen molar-refractivity contribution in [1.82, 2.24) is 5.32 Å². The molecule has 1 fully saturated rings. The van der Waals surface area contributed by atoms with Gasteiger partial charge in [0, 0.05) is 12.6 Å². The first kappa shape index (κ1) is 14.6. The maximum atomic E-state index is 3.80. The second-order valence-corrected chi connectivity index (χ2v) is 7.11. The quantitative estimate of drug-likeness (QED) is 0.836. The summed E-state index contributed by atoms with van der Waals surface area (Å²) >= 11 is 0. The molecule has 1 heteroatoms. The lowest BCUT2D eigenvalue weighted by molar-refractivity contribution is 0.151. The van der Waals surface area contributed by atoms with Crippen LogP contribution in [0.2, 0.25) is 0 Å². The molecular formula is C18H29N. The van der Waals surface area contributed by atoms with Crippen molar-refractivity contribution in [1.29, 1.82) is 0 Å². The summed E-state index contributed by atoms with van der Waals surface area (Å²) in [7, 11) is 0. The molecular weight excluding hydrogens is 230 g/mol. The Hall–Kier alpha value is -0.820. The Bertz CT molecular complexity index is 408. The molecule has 0 aliphatic heterocycles. The number of hydrogen-bond acceptors (Lipinski definition) is 1. The first-order valence-corrected chi connectivity index (χ1v) is 7.80. The Morgan fingerprint density at radius 2 is 1.84 bits per heavy atom. The molecule has 0 amide bonds. The third kappa shape index (κ3) is 4.07. The van der Waals surface area contributed by atoms with E-state index in [1.54, 1.807) is 0 Å². The van der Waals surface area contributed by atoms with Crippen molar-refractivity contribution in [3.63, 3.8) is 0 Å². The summed E-state index contributed by atoms with van der Waals surface area (Å²) in [6.07, 6.45) is 5.14. The van der Waals surface area contributed by atoms with Crippen LogP contribution in [0.25, 0.3) is 0 Å². The van der Waals surface area contributed by atoms with E-state index in [1.807, 2.05) is 0 Å². The molecule has 1 aliphatic rings. The highest BCUT2D eigenvalue weighted by molar-refractivity contribution is 5.26. The van der Waals surface area contributed by atoms with Gasteiger partial charge in [0.05, 0.1) is 0 Å². The molecule has 2 atom stereocenters. The van der Waals surface area contributed by atoms with Crippen molar-refractivity contribution >= 4 is 0 Å². The van der Waals surface area contributed by atoms with Crippen LogP contribution >= 0.6 is 0 Å². The molecule has 19 heavy (non-hydrogen) atoms. The van der Waals surface area contributed by atoms with E-state index >= 15 is 0 Å². The van der Waals surface area contributed by atoms with Gasteiger partial charge >= 0.3 is 0 Å². The summed E-state index contributed by atoms with van der Waals surface area (Å²) in [5, 5.41) is 3.80. The van der Waals surface area contributed by atoms with Gasteiger partial charge in [-0.05, 0) is 48.1 Å². The maximum Gasteiger partial charge on any atom is 0.0210 e. The molecule has 0 radical (unpaired) electrons. The number of benzene rings is 1. The smallest absolute Gasteiger partial charge is 0.0210 e. The molecule has 1 aliphatic carbocycles. The van der Waals surface area contributed by atoms with Crippen molar-refractivity contribution < 1.29 is 0 Å². The highest BCUT2D eigenvalue weighted by atomic mass is 14.9. The molecule has 2 rings (SSSR count). The zero-order valence-corrected chi connectivity index (χ0v) is 13.0. The predicted molar refractivity (Wildman–Crippen MR) is 83.2 cm³/mol. The van der Waals surface area contributed by atoms with Crippen molar-refractivity contribution in [2.24, 2.45) is 11.3 Å².